The number of hydrogen-bond donors (Lipinski definition) is 1. The molecule has 0 aliphatic carbocycles. The van der Waals surface area contributed by atoms with Crippen molar-refractivity contribution >= 4 is 11.7 Å². The van der Waals surface area contributed by atoms with Gasteiger partial charge in [0, 0.05) is 28.1 Å². The summed E-state index contributed by atoms with van der Waals surface area (Å²) in [6.07, 6.45) is -4.61. The lowest BCUT2D eigenvalue weighted by Gasteiger charge is -2.19. The Bertz CT molecular complexity index is 1480. The van der Waals surface area contributed by atoms with E-state index < -0.39 is 17.5 Å². The molecule has 0 saturated heterocycles. The molecule has 0 bridgehead atoms. The number of alkyl halides is 3. The van der Waals surface area contributed by atoms with Gasteiger partial charge < -0.3 is 9.88 Å². The molecule has 190 valence electrons. The lowest BCUT2D eigenvalue weighted by atomic mass is 9.95. The predicted molar refractivity (Wildman–Crippen MR) is 137 cm³/mol. The second kappa shape index (κ2) is 10.1. The summed E-state index contributed by atoms with van der Waals surface area (Å²) in [7, 11) is 0. The third kappa shape index (κ3) is 5.35. The number of aryl methyl sites for hydroxylation is 3. The van der Waals surface area contributed by atoms with Crippen molar-refractivity contribution in [3.05, 3.63) is 123 Å². The zero-order valence-electron chi connectivity index (χ0n) is 21.0. The lowest BCUT2D eigenvalue weighted by molar-refractivity contribution is -0.137. The van der Waals surface area contributed by atoms with E-state index in [1.165, 1.54) is 6.07 Å². The number of nitrogens with one attached hydrogen (secondary N) is 1. The highest BCUT2D eigenvalue weighted by Gasteiger charge is 2.32. The summed E-state index contributed by atoms with van der Waals surface area (Å²) in [6, 6.07) is 19.1. The summed E-state index contributed by atoms with van der Waals surface area (Å²) in [5.74, 6) is -0.772. The van der Waals surface area contributed by atoms with Crippen LogP contribution in [0.2, 0.25) is 0 Å². The first kappa shape index (κ1) is 25.9. The number of amides is 1. The quantitative estimate of drug-likeness (QED) is 0.291. The highest BCUT2D eigenvalue weighted by molar-refractivity contribution is 6.12. The van der Waals surface area contributed by atoms with Crippen LogP contribution in [0.3, 0.4) is 0 Å². The van der Waals surface area contributed by atoms with Crippen molar-refractivity contribution in [1.29, 1.82) is 0 Å². The summed E-state index contributed by atoms with van der Waals surface area (Å²) in [6.45, 7) is 7.49. The Kier molecular flexibility index (Phi) is 7.07. The predicted octanol–water partition coefficient (Wildman–Crippen LogP) is 6.89. The Morgan fingerprint density at radius 1 is 0.811 bits per heavy atom. The number of halogens is 3. The van der Waals surface area contributed by atoms with Gasteiger partial charge in [-0.1, -0.05) is 42.0 Å². The van der Waals surface area contributed by atoms with Gasteiger partial charge in [-0.15, -0.1) is 0 Å². The number of carbonyl (C=O) groups is 2. The maximum absolute atomic E-state index is 13.7. The Balaban J connectivity index is 1.82. The van der Waals surface area contributed by atoms with Crippen LogP contribution in [0.1, 0.15) is 59.9 Å². The van der Waals surface area contributed by atoms with E-state index in [1.54, 1.807) is 47.9 Å². The van der Waals surface area contributed by atoms with Gasteiger partial charge in [-0.2, -0.15) is 13.2 Å². The van der Waals surface area contributed by atoms with Crippen LogP contribution in [-0.4, -0.2) is 16.3 Å². The molecule has 4 rings (SSSR count). The van der Waals surface area contributed by atoms with Gasteiger partial charge in [0.25, 0.3) is 5.91 Å². The molecule has 1 aromatic heterocycles. The highest BCUT2D eigenvalue weighted by Crippen LogP contribution is 2.34. The number of nitrogens with zero attached hydrogens (tertiary/aromatic N) is 1. The molecular weight excluding hydrogens is 477 g/mol. The van der Waals surface area contributed by atoms with Crippen LogP contribution in [-0.2, 0) is 12.7 Å². The highest BCUT2D eigenvalue weighted by atomic mass is 19.4. The molecular formula is C30H27F3N2O2. The fourth-order valence-corrected chi connectivity index (χ4v) is 4.44. The second-order valence-corrected chi connectivity index (χ2v) is 9.17. The second-order valence-electron chi connectivity index (χ2n) is 9.17. The van der Waals surface area contributed by atoms with Crippen molar-refractivity contribution in [3.8, 4) is 5.69 Å². The van der Waals surface area contributed by atoms with Gasteiger partial charge in [-0.25, -0.2) is 0 Å². The monoisotopic (exact) mass is 504 g/mol. The van der Waals surface area contributed by atoms with Gasteiger partial charge in [0.15, 0.2) is 5.78 Å². The number of aromatic nitrogens is 1. The molecule has 37 heavy (non-hydrogen) atoms. The molecule has 4 nitrogen and oxygen atoms in total. The third-order valence-corrected chi connectivity index (χ3v) is 6.48. The average molecular weight is 505 g/mol. The summed E-state index contributed by atoms with van der Waals surface area (Å²) in [5.41, 5.74) is 4.13. The lowest BCUT2D eigenvalue weighted by Crippen LogP contribution is -2.24. The van der Waals surface area contributed by atoms with Crippen LogP contribution in [0, 0.1) is 27.7 Å². The Labute approximate surface area is 213 Å². The first-order valence-electron chi connectivity index (χ1n) is 11.8. The first-order chi connectivity index (χ1) is 17.5. The number of ketones is 1. The molecule has 0 fully saturated rings. The Morgan fingerprint density at radius 3 is 2.16 bits per heavy atom. The van der Waals surface area contributed by atoms with E-state index in [1.807, 2.05) is 39.0 Å². The molecule has 1 N–H and O–H groups in total. The van der Waals surface area contributed by atoms with Crippen LogP contribution in [0.4, 0.5) is 13.2 Å². The molecule has 1 amide bonds. The van der Waals surface area contributed by atoms with Crippen LogP contribution >= 0.6 is 0 Å². The normalized spacial score (nSPS) is 11.4. The molecule has 1 heterocycles. The molecule has 3 aromatic carbocycles. The van der Waals surface area contributed by atoms with Crippen LogP contribution < -0.4 is 5.32 Å². The summed E-state index contributed by atoms with van der Waals surface area (Å²) >= 11 is 0. The number of hydrogen-bond acceptors (Lipinski definition) is 2. The smallest absolute Gasteiger partial charge is 0.346 e. The van der Waals surface area contributed by atoms with Crippen molar-refractivity contribution in [1.82, 2.24) is 9.88 Å². The molecule has 0 spiro atoms. The molecule has 0 aliphatic rings. The molecule has 0 unspecified atom stereocenters. The van der Waals surface area contributed by atoms with Gasteiger partial charge >= 0.3 is 6.18 Å². The number of rotatable bonds is 6. The maximum atomic E-state index is 13.7. The molecule has 0 saturated carbocycles. The summed E-state index contributed by atoms with van der Waals surface area (Å²) in [5, 5.41) is 2.87. The molecule has 0 radical (unpaired) electrons. The van der Waals surface area contributed by atoms with E-state index in [2.05, 4.69) is 5.32 Å². The zero-order valence-corrected chi connectivity index (χ0v) is 21.0. The first-order valence-corrected chi connectivity index (χ1v) is 11.8. The average Bonchev–Trinajstić information content (AvgIpc) is 3.14. The minimum atomic E-state index is -4.61. The zero-order chi connectivity index (χ0) is 26.9. The minimum Gasteiger partial charge on any atom is -0.346 e. The van der Waals surface area contributed by atoms with E-state index in [0.717, 1.165) is 29.0 Å². The van der Waals surface area contributed by atoms with Crippen molar-refractivity contribution < 1.29 is 22.8 Å². The van der Waals surface area contributed by atoms with E-state index in [9.17, 15) is 22.8 Å². The largest absolute Gasteiger partial charge is 0.416 e. The summed E-state index contributed by atoms with van der Waals surface area (Å²) < 4.78 is 42.8. The number of carbonyl (C=O) groups excluding carboxylic acids is 2. The Morgan fingerprint density at radius 2 is 1.51 bits per heavy atom. The van der Waals surface area contributed by atoms with Crippen molar-refractivity contribution in [3.63, 3.8) is 0 Å². The standard InChI is InChI=1S/C30H27F3N2O2/c1-18-10-12-25(20(3)14-18)28(36)26-16-23(30(31,32)33)11-13-27(26)35-21(4)19(2)15-24(35)17-34-29(37)22-8-6-5-7-9-22/h5-16H,17H2,1-4H3,(H,34,37). The summed E-state index contributed by atoms with van der Waals surface area (Å²) in [4.78, 5) is 26.3. The van der Waals surface area contributed by atoms with E-state index in [0.29, 0.717) is 28.1 Å². The van der Waals surface area contributed by atoms with E-state index in [4.69, 9.17) is 0 Å². The molecule has 0 aliphatic heterocycles. The fourth-order valence-electron chi connectivity index (χ4n) is 4.44. The SMILES string of the molecule is Cc1ccc(C(=O)c2cc(C(F)(F)F)ccc2-n2c(CNC(=O)c3ccccc3)cc(C)c2C)c(C)c1. The van der Waals surface area contributed by atoms with Crippen molar-refractivity contribution in [2.45, 2.75) is 40.4 Å². The van der Waals surface area contributed by atoms with Gasteiger partial charge in [0.05, 0.1) is 17.8 Å². The minimum absolute atomic E-state index is 0.0592. The van der Waals surface area contributed by atoms with Crippen LogP contribution in [0.5, 0.6) is 0 Å². The van der Waals surface area contributed by atoms with Crippen LogP contribution in [0.25, 0.3) is 5.69 Å². The third-order valence-electron chi connectivity index (χ3n) is 6.48. The van der Waals surface area contributed by atoms with Crippen LogP contribution in [0.15, 0.2) is 72.8 Å². The van der Waals surface area contributed by atoms with Gasteiger partial charge in [0.1, 0.15) is 0 Å². The topological polar surface area (TPSA) is 51.1 Å². The van der Waals surface area contributed by atoms with E-state index in [-0.39, 0.29) is 18.0 Å². The Hall–Kier alpha value is -4.13. The fraction of sp³-hybridized carbons (Fsp3) is 0.200. The maximum Gasteiger partial charge on any atom is 0.416 e. The van der Waals surface area contributed by atoms with Gasteiger partial charge in [-0.3, -0.25) is 9.59 Å². The van der Waals surface area contributed by atoms with Crippen molar-refractivity contribution in [2.75, 3.05) is 0 Å². The van der Waals surface area contributed by atoms with Gasteiger partial charge in [0.2, 0.25) is 0 Å². The number of benzene rings is 3. The van der Waals surface area contributed by atoms with E-state index >= 15 is 0 Å². The molecule has 7 heteroatoms. The van der Waals surface area contributed by atoms with Crippen molar-refractivity contribution in [2.24, 2.45) is 0 Å². The van der Waals surface area contributed by atoms with Gasteiger partial charge in [-0.05, 0) is 75.2 Å². The molecule has 0 atom stereocenters. The molecule has 4 aromatic rings.